The largest absolute Gasteiger partial charge is 0.448 e. The molecule has 1 amide bonds. The number of fused-ring (bicyclic) bond motifs is 1. The van der Waals surface area contributed by atoms with Gasteiger partial charge in [-0.1, -0.05) is 12.1 Å². The Morgan fingerprint density at radius 2 is 2.06 bits per heavy atom. The van der Waals surface area contributed by atoms with Crippen LogP contribution in [0.4, 0.5) is 5.69 Å². The van der Waals surface area contributed by atoms with Gasteiger partial charge in [0.05, 0.1) is 5.39 Å². The number of carbonyl (C=O) groups excluding carboxylic acids is 1. The number of hydrogen-bond acceptors (Lipinski definition) is 4. The molecule has 0 radical (unpaired) electrons. The van der Waals surface area contributed by atoms with Gasteiger partial charge in [0.2, 0.25) is 11.3 Å². The third kappa shape index (κ3) is 1.81. The summed E-state index contributed by atoms with van der Waals surface area (Å²) in [7, 11) is 0. The molecule has 0 saturated carbocycles. The van der Waals surface area contributed by atoms with Crippen molar-refractivity contribution >= 4 is 35.2 Å². The molecular formula is C11H9NO3S. The Labute approximate surface area is 96.7 Å². The van der Waals surface area contributed by atoms with E-state index in [2.05, 4.69) is 17.9 Å². The van der Waals surface area contributed by atoms with Crippen LogP contribution in [0, 0.1) is 0 Å². The molecule has 2 aromatic rings. The van der Waals surface area contributed by atoms with Crippen molar-refractivity contribution in [2.75, 3.05) is 5.32 Å². The summed E-state index contributed by atoms with van der Waals surface area (Å²) in [4.78, 5) is 22.9. The molecule has 1 aromatic heterocycles. The molecule has 1 heterocycles. The molecule has 4 nitrogen and oxygen atoms in total. The number of amides is 1. The number of thiol groups is 1. The van der Waals surface area contributed by atoms with E-state index < -0.39 is 0 Å². The minimum Gasteiger partial charge on any atom is -0.448 e. The molecule has 0 aliphatic carbocycles. The van der Waals surface area contributed by atoms with Gasteiger partial charge < -0.3 is 9.73 Å². The van der Waals surface area contributed by atoms with Gasteiger partial charge >= 0.3 is 0 Å². The lowest BCUT2D eigenvalue weighted by molar-refractivity contribution is -0.114. The number of nitrogens with one attached hydrogen (secondary N) is 1. The lowest BCUT2D eigenvalue weighted by Crippen LogP contribution is -2.16. The van der Waals surface area contributed by atoms with Gasteiger partial charge in [0, 0.05) is 6.92 Å². The molecule has 82 valence electrons. The Hall–Kier alpha value is -1.75. The number of para-hydroxylation sites is 1. The third-order valence-electron chi connectivity index (χ3n) is 2.08. The van der Waals surface area contributed by atoms with Crippen molar-refractivity contribution in [3.05, 3.63) is 34.5 Å². The standard InChI is InChI=1S/C11H9NO3S/c1-6(13)12-9-10(14)7-4-2-3-5-8(7)15-11(9)16/h2-5,16H,1H3,(H,12,13). The number of carbonyl (C=O) groups is 1. The van der Waals surface area contributed by atoms with Crippen LogP contribution in [0.5, 0.6) is 0 Å². The Bertz CT molecular complexity index is 618. The highest BCUT2D eigenvalue weighted by atomic mass is 32.1. The van der Waals surface area contributed by atoms with Crippen molar-refractivity contribution in [1.82, 2.24) is 0 Å². The summed E-state index contributed by atoms with van der Waals surface area (Å²) in [6, 6.07) is 6.80. The van der Waals surface area contributed by atoms with Crippen molar-refractivity contribution in [2.45, 2.75) is 12.0 Å². The number of anilines is 1. The summed E-state index contributed by atoms with van der Waals surface area (Å²) in [5.74, 6) is -0.335. The Morgan fingerprint density at radius 3 is 2.75 bits per heavy atom. The molecule has 0 saturated heterocycles. The zero-order chi connectivity index (χ0) is 11.7. The van der Waals surface area contributed by atoms with Crippen LogP contribution in [0.25, 0.3) is 11.0 Å². The topological polar surface area (TPSA) is 59.3 Å². The molecule has 5 heteroatoms. The minimum atomic E-state index is -0.335. The van der Waals surface area contributed by atoms with Gasteiger partial charge in [-0.05, 0) is 12.1 Å². The molecule has 0 spiro atoms. The van der Waals surface area contributed by atoms with Crippen LogP contribution in [0.1, 0.15) is 6.92 Å². The molecule has 0 aliphatic heterocycles. The van der Waals surface area contributed by atoms with Gasteiger partial charge in [-0.25, -0.2) is 0 Å². The van der Waals surface area contributed by atoms with Gasteiger partial charge in [-0.15, -0.1) is 12.6 Å². The van der Waals surface area contributed by atoms with Crippen molar-refractivity contribution < 1.29 is 9.21 Å². The maximum atomic E-state index is 12.0. The van der Waals surface area contributed by atoms with Crippen molar-refractivity contribution in [2.24, 2.45) is 0 Å². The molecule has 0 fully saturated rings. The highest BCUT2D eigenvalue weighted by molar-refractivity contribution is 7.80. The van der Waals surface area contributed by atoms with E-state index in [9.17, 15) is 9.59 Å². The fourth-order valence-corrected chi connectivity index (χ4v) is 1.67. The second kappa shape index (κ2) is 4.02. The monoisotopic (exact) mass is 235 g/mol. The van der Waals surface area contributed by atoms with Crippen molar-refractivity contribution in [3.8, 4) is 0 Å². The first-order chi connectivity index (χ1) is 7.59. The van der Waals surface area contributed by atoms with Crippen LogP contribution in [0.15, 0.2) is 38.6 Å². The second-order valence-corrected chi connectivity index (χ2v) is 3.69. The summed E-state index contributed by atoms with van der Waals surface area (Å²) in [6.45, 7) is 1.32. The average Bonchev–Trinajstić information content (AvgIpc) is 2.24. The van der Waals surface area contributed by atoms with E-state index in [-0.39, 0.29) is 22.1 Å². The fraction of sp³-hybridized carbons (Fsp3) is 0.0909. The van der Waals surface area contributed by atoms with Gasteiger partial charge in [-0.2, -0.15) is 0 Å². The van der Waals surface area contributed by atoms with Gasteiger partial charge in [0.15, 0.2) is 5.09 Å². The van der Waals surface area contributed by atoms with Crippen LogP contribution in [-0.4, -0.2) is 5.91 Å². The van der Waals surface area contributed by atoms with E-state index in [4.69, 9.17) is 4.42 Å². The van der Waals surface area contributed by atoms with Crippen LogP contribution in [-0.2, 0) is 4.79 Å². The lowest BCUT2D eigenvalue weighted by Gasteiger charge is -2.05. The number of benzene rings is 1. The fourth-order valence-electron chi connectivity index (χ4n) is 1.42. The summed E-state index contributed by atoms with van der Waals surface area (Å²) < 4.78 is 5.32. The predicted octanol–water partition coefficient (Wildman–Crippen LogP) is 2.04. The Kier molecular flexibility index (Phi) is 2.70. The SMILES string of the molecule is CC(=O)Nc1c(S)oc2ccccc2c1=O. The van der Waals surface area contributed by atoms with Crippen LogP contribution in [0.2, 0.25) is 0 Å². The smallest absolute Gasteiger partial charge is 0.221 e. The van der Waals surface area contributed by atoms with Crippen molar-refractivity contribution in [1.29, 1.82) is 0 Å². The average molecular weight is 235 g/mol. The van der Waals surface area contributed by atoms with Gasteiger partial charge in [0.25, 0.3) is 0 Å². The Balaban J connectivity index is 2.76. The van der Waals surface area contributed by atoms with E-state index in [0.29, 0.717) is 11.0 Å². The maximum absolute atomic E-state index is 12.0. The highest BCUT2D eigenvalue weighted by Crippen LogP contribution is 2.21. The first-order valence-corrected chi connectivity index (χ1v) is 5.06. The molecule has 2 rings (SSSR count). The lowest BCUT2D eigenvalue weighted by atomic mass is 10.2. The predicted molar refractivity (Wildman–Crippen MR) is 64.0 cm³/mol. The zero-order valence-corrected chi connectivity index (χ0v) is 9.38. The van der Waals surface area contributed by atoms with E-state index in [1.807, 2.05) is 0 Å². The summed E-state index contributed by atoms with van der Waals surface area (Å²) in [5.41, 5.74) is 0.239. The zero-order valence-electron chi connectivity index (χ0n) is 8.48. The van der Waals surface area contributed by atoms with E-state index in [1.165, 1.54) is 6.92 Å². The molecule has 0 unspecified atom stereocenters. The molecular weight excluding hydrogens is 226 g/mol. The molecule has 0 bridgehead atoms. The molecule has 16 heavy (non-hydrogen) atoms. The first kappa shape index (κ1) is 10.8. The van der Waals surface area contributed by atoms with Crippen LogP contribution < -0.4 is 10.7 Å². The van der Waals surface area contributed by atoms with Crippen LogP contribution >= 0.6 is 12.6 Å². The number of rotatable bonds is 1. The second-order valence-electron chi connectivity index (χ2n) is 3.29. The third-order valence-corrected chi connectivity index (χ3v) is 2.40. The molecule has 0 atom stereocenters. The van der Waals surface area contributed by atoms with E-state index >= 15 is 0 Å². The number of hydrogen-bond donors (Lipinski definition) is 2. The minimum absolute atomic E-state index is 0.0783. The molecule has 0 aliphatic rings. The molecule has 1 aromatic carbocycles. The first-order valence-electron chi connectivity index (χ1n) is 4.62. The van der Waals surface area contributed by atoms with Gasteiger partial charge in [-0.3, -0.25) is 9.59 Å². The van der Waals surface area contributed by atoms with Crippen LogP contribution in [0.3, 0.4) is 0 Å². The summed E-state index contributed by atoms with van der Waals surface area (Å²) in [6.07, 6.45) is 0. The normalized spacial score (nSPS) is 10.4. The van der Waals surface area contributed by atoms with E-state index in [0.717, 1.165) is 0 Å². The van der Waals surface area contributed by atoms with Crippen molar-refractivity contribution in [3.63, 3.8) is 0 Å². The Morgan fingerprint density at radius 1 is 1.38 bits per heavy atom. The summed E-state index contributed by atoms with van der Waals surface area (Å²) in [5, 5.41) is 2.94. The quantitative estimate of drug-likeness (QED) is 0.744. The summed E-state index contributed by atoms with van der Waals surface area (Å²) >= 11 is 4.04. The maximum Gasteiger partial charge on any atom is 0.221 e. The van der Waals surface area contributed by atoms with Gasteiger partial charge in [0.1, 0.15) is 11.3 Å². The highest BCUT2D eigenvalue weighted by Gasteiger charge is 2.12. The molecule has 1 N–H and O–H groups in total. The van der Waals surface area contributed by atoms with E-state index in [1.54, 1.807) is 24.3 Å².